The van der Waals surface area contributed by atoms with Crippen molar-refractivity contribution in [2.45, 2.75) is 33.2 Å². The van der Waals surface area contributed by atoms with Crippen LogP contribution in [0, 0.1) is 13.8 Å². The molecule has 4 nitrogen and oxygen atoms in total. The second kappa shape index (κ2) is 4.80. The summed E-state index contributed by atoms with van der Waals surface area (Å²) in [5, 5.41) is 3.18. The Morgan fingerprint density at radius 1 is 1.33 bits per heavy atom. The summed E-state index contributed by atoms with van der Waals surface area (Å²) in [6.07, 6.45) is 0.250. The fourth-order valence-electron chi connectivity index (χ4n) is 2.21. The average Bonchev–Trinajstić information content (AvgIpc) is 2.59. The number of hydrogen-bond acceptors (Lipinski definition) is 3. The van der Waals surface area contributed by atoms with Gasteiger partial charge in [0.15, 0.2) is 0 Å². The van der Waals surface area contributed by atoms with Crippen LogP contribution in [0.4, 0.5) is 5.69 Å². The van der Waals surface area contributed by atoms with E-state index < -0.39 is 6.04 Å². The van der Waals surface area contributed by atoms with Crippen LogP contribution in [0.3, 0.4) is 0 Å². The molecule has 4 heteroatoms. The highest BCUT2D eigenvalue weighted by Crippen LogP contribution is 2.22. The van der Waals surface area contributed by atoms with Crippen molar-refractivity contribution in [2.24, 2.45) is 0 Å². The van der Waals surface area contributed by atoms with E-state index in [-0.39, 0.29) is 18.2 Å². The molecule has 1 aromatic carbocycles. The topological polar surface area (TPSA) is 49.4 Å². The molecule has 1 aliphatic rings. The number of hydrogen-bond donors (Lipinski definition) is 1. The molecule has 2 amide bonds. The van der Waals surface area contributed by atoms with E-state index in [9.17, 15) is 9.59 Å². The summed E-state index contributed by atoms with van der Waals surface area (Å²) in [4.78, 5) is 24.9. The largest absolute Gasteiger partial charge is 0.373 e. The van der Waals surface area contributed by atoms with E-state index in [0.29, 0.717) is 6.54 Å². The number of likely N-dealkylation sites (tertiary alicyclic amines) is 1. The number of rotatable bonds is 3. The second-order valence-electron chi connectivity index (χ2n) is 4.70. The van der Waals surface area contributed by atoms with E-state index in [1.54, 1.807) is 0 Å². The van der Waals surface area contributed by atoms with Crippen LogP contribution >= 0.6 is 0 Å². The van der Waals surface area contributed by atoms with Gasteiger partial charge >= 0.3 is 0 Å². The van der Waals surface area contributed by atoms with Crippen molar-refractivity contribution in [3.63, 3.8) is 0 Å². The van der Waals surface area contributed by atoms with E-state index in [2.05, 4.69) is 5.32 Å². The molecule has 0 spiro atoms. The minimum atomic E-state index is -0.419. The highest BCUT2D eigenvalue weighted by Gasteiger charge is 2.37. The van der Waals surface area contributed by atoms with E-state index in [1.807, 2.05) is 39.0 Å². The maximum atomic E-state index is 12.0. The predicted octanol–water partition coefficient (Wildman–Crippen LogP) is 1.86. The number of carbonyl (C=O) groups is 2. The molecule has 1 unspecified atom stereocenters. The monoisotopic (exact) mass is 246 g/mol. The van der Waals surface area contributed by atoms with Gasteiger partial charge in [0.2, 0.25) is 5.91 Å². The number of amides is 2. The Balaban J connectivity index is 2.18. The fraction of sp³-hybridized carbons (Fsp3) is 0.429. The van der Waals surface area contributed by atoms with Gasteiger partial charge < -0.3 is 5.32 Å². The van der Waals surface area contributed by atoms with Crippen molar-refractivity contribution in [1.29, 1.82) is 0 Å². The number of benzene rings is 1. The number of anilines is 1. The Labute approximate surface area is 107 Å². The van der Waals surface area contributed by atoms with E-state index in [0.717, 1.165) is 16.8 Å². The number of nitrogens with one attached hydrogen (secondary N) is 1. The van der Waals surface area contributed by atoms with Crippen LogP contribution in [0.2, 0.25) is 0 Å². The molecule has 1 heterocycles. The van der Waals surface area contributed by atoms with Crippen LogP contribution in [0.15, 0.2) is 18.2 Å². The zero-order valence-electron chi connectivity index (χ0n) is 11.0. The van der Waals surface area contributed by atoms with Gasteiger partial charge in [-0.2, -0.15) is 0 Å². The summed E-state index contributed by atoms with van der Waals surface area (Å²) in [5.74, 6) is -0.214. The number of imide groups is 1. The summed E-state index contributed by atoms with van der Waals surface area (Å²) >= 11 is 0. The molecule has 96 valence electrons. The van der Waals surface area contributed by atoms with Crippen molar-refractivity contribution in [1.82, 2.24) is 4.90 Å². The molecule has 0 aromatic heterocycles. The van der Waals surface area contributed by atoms with Gasteiger partial charge in [0.1, 0.15) is 6.04 Å². The van der Waals surface area contributed by atoms with Gasteiger partial charge in [-0.25, -0.2) is 0 Å². The normalized spacial score (nSPS) is 19.5. The van der Waals surface area contributed by atoms with Crippen molar-refractivity contribution >= 4 is 17.5 Å². The molecule has 0 saturated carbocycles. The molecule has 1 aromatic rings. The van der Waals surface area contributed by atoms with Crippen LogP contribution in [0.1, 0.15) is 24.5 Å². The highest BCUT2D eigenvalue weighted by molar-refractivity contribution is 6.06. The summed E-state index contributed by atoms with van der Waals surface area (Å²) < 4.78 is 0. The molecular weight excluding hydrogens is 228 g/mol. The predicted molar refractivity (Wildman–Crippen MR) is 70.3 cm³/mol. The minimum Gasteiger partial charge on any atom is -0.373 e. The smallest absolute Gasteiger partial charge is 0.252 e. The summed E-state index contributed by atoms with van der Waals surface area (Å²) in [6, 6.07) is 5.62. The highest BCUT2D eigenvalue weighted by atomic mass is 16.2. The van der Waals surface area contributed by atoms with Gasteiger partial charge in [-0.1, -0.05) is 12.1 Å². The first-order chi connectivity index (χ1) is 8.52. The second-order valence-corrected chi connectivity index (χ2v) is 4.70. The number of aryl methyl sites for hydroxylation is 2. The fourth-order valence-corrected chi connectivity index (χ4v) is 2.21. The van der Waals surface area contributed by atoms with Crippen molar-refractivity contribution in [3.8, 4) is 0 Å². The van der Waals surface area contributed by atoms with Gasteiger partial charge in [-0.15, -0.1) is 0 Å². The molecule has 1 aliphatic heterocycles. The first kappa shape index (κ1) is 12.6. The molecule has 1 saturated heterocycles. The van der Waals surface area contributed by atoms with E-state index in [4.69, 9.17) is 0 Å². The molecule has 1 atom stereocenters. The van der Waals surface area contributed by atoms with Crippen molar-refractivity contribution in [3.05, 3.63) is 29.3 Å². The lowest BCUT2D eigenvalue weighted by molar-refractivity contribution is -0.138. The third kappa shape index (κ3) is 2.23. The Hall–Kier alpha value is -1.84. The zero-order chi connectivity index (χ0) is 13.3. The Morgan fingerprint density at radius 3 is 2.67 bits per heavy atom. The lowest BCUT2D eigenvalue weighted by atomic mass is 10.1. The van der Waals surface area contributed by atoms with Gasteiger partial charge in [-0.3, -0.25) is 14.5 Å². The molecule has 0 bridgehead atoms. The van der Waals surface area contributed by atoms with Gasteiger partial charge in [0.05, 0.1) is 6.42 Å². The van der Waals surface area contributed by atoms with Gasteiger partial charge in [0.25, 0.3) is 5.91 Å². The molecule has 0 aliphatic carbocycles. The Morgan fingerprint density at radius 2 is 2.06 bits per heavy atom. The lowest BCUT2D eigenvalue weighted by Gasteiger charge is -2.16. The average molecular weight is 246 g/mol. The van der Waals surface area contributed by atoms with Crippen LogP contribution < -0.4 is 5.32 Å². The molecule has 18 heavy (non-hydrogen) atoms. The summed E-state index contributed by atoms with van der Waals surface area (Å²) in [7, 11) is 0. The van der Waals surface area contributed by atoms with Crippen LogP contribution in [-0.2, 0) is 9.59 Å². The first-order valence-electron chi connectivity index (χ1n) is 6.21. The summed E-state index contributed by atoms with van der Waals surface area (Å²) in [6.45, 7) is 6.25. The Kier molecular flexibility index (Phi) is 3.36. The van der Waals surface area contributed by atoms with Gasteiger partial charge in [0, 0.05) is 12.2 Å². The van der Waals surface area contributed by atoms with Crippen LogP contribution in [0.5, 0.6) is 0 Å². The van der Waals surface area contributed by atoms with Crippen LogP contribution in [-0.4, -0.2) is 29.3 Å². The maximum absolute atomic E-state index is 12.0. The van der Waals surface area contributed by atoms with E-state index >= 15 is 0 Å². The van der Waals surface area contributed by atoms with Crippen molar-refractivity contribution in [2.75, 3.05) is 11.9 Å². The van der Waals surface area contributed by atoms with Crippen molar-refractivity contribution < 1.29 is 9.59 Å². The van der Waals surface area contributed by atoms with Crippen LogP contribution in [0.25, 0.3) is 0 Å². The molecule has 2 rings (SSSR count). The molecule has 1 N–H and O–H groups in total. The summed E-state index contributed by atoms with van der Waals surface area (Å²) in [5.41, 5.74) is 3.14. The third-order valence-electron chi connectivity index (χ3n) is 3.28. The third-order valence-corrected chi connectivity index (χ3v) is 3.28. The van der Waals surface area contributed by atoms with Gasteiger partial charge in [-0.05, 0) is 38.0 Å². The number of nitrogens with zero attached hydrogens (tertiary/aromatic N) is 1. The molecule has 1 fully saturated rings. The SMILES string of the molecule is CCN1C(=O)CC(Nc2cc(C)ccc2C)C1=O. The minimum absolute atomic E-state index is 0.0923. The Bertz CT molecular complexity index is 497. The quantitative estimate of drug-likeness (QED) is 0.828. The maximum Gasteiger partial charge on any atom is 0.252 e. The standard InChI is InChI=1S/C14H18N2O2/c1-4-16-13(17)8-12(14(16)18)15-11-7-9(2)5-6-10(11)3/h5-7,12,15H,4,8H2,1-3H3. The number of carbonyl (C=O) groups excluding carboxylic acids is 2. The zero-order valence-corrected chi connectivity index (χ0v) is 11.0. The van der Waals surface area contributed by atoms with E-state index in [1.165, 1.54) is 4.90 Å². The first-order valence-corrected chi connectivity index (χ1v) is 6.21. The molecule has 0 radical (unpaired) electrons. The lowest BCUT2D eigenvalue weighted by Crippen LogP contribution is -2.34. The number of likely N-dealkylation sites (N-methyl/N-ethyl adjacent to an activating group) is 1. The molecular formula is C14H18N2O2.